The number of ether oxygens (including phenoxy) is 2. The minimum Gasteiger partial charge on any atom is -0.462 e. The molecule has 3 aromatic rings. The van der Waals surface area contributed by atoms with E-state index >= 15 is 0 Å². The summed E-state index contributed by atoms with van der Waals surface area (Å²) in [4.78, 5) is 23.3. The van der Waals surface area contributed by atoms with Gasteiger partial charge in [0.15, 0.2) is 23.2 Å². The molecule has 43 heavy (non-hydrogen) atoms. The molecule has 1 aromatic carbocycles. The summed E-state index contributed by atoms with van der Waals surface area (Å²) in [6.45, 7) is 3.01. The molecule has 1 aliphatic carbocycles. The lowest BCUT2D eigenvalue weighted by Gasteiger charge is -2.27. The minimum atomic E-state index is -4.31. The first-order valence-corrected chi connectivity index (χ1v) is 15.7. The van der Waals surface area contributed by atoms with Crippen LogP contribution in [0.3, 0.4) is 0 Å². The predicted octanol–water partition coefficient (Wildman–Crippen LogP) is 3.32. The zero-order valence-corrected chi connectivity index (χ0v) is 25.4. The Morgan fingerprint density at radius 1 is 1.30 bits per heavy atom. The molecule has 2 fully saturated rings. The molecule has 1 saturated carbocycles. The second-order valence-electron chi connectivity index (χ2n) is 10.7. The van der Waals surface area contributed by atoms with Gasteiger partial charge in [0, 0.05) is 6.04 Å². The lowest BCUT2D eigenvalue weighted by molar-refractivity contribution is -0.149. The molecule has 0 amide bonds. The van der Waals surface area contributed by atoms with Gasteiger partial charge in [-0.3, -0.25) is 13.9 Å². The predicted molar refractivity (Wildman–Crippen MR) is 155 cm³/mol. The van der Waals surface area contributed by atoms with Crippen molar-refractivity contribution in [2.75, 3.05) is 24.3 Å². The first kappa shape index (κ1) is 31.4. The van der Waals surface area contributed by atoms with E-state index < -0.39 is 62.5 Å². The Bertz CT molecular complexity index is 1500. The summed E-state index contributed by atoms with van der Waals surface area (Å²) in [6, 6.07) is 7.28. The topological polar surface area (TPSA) is 185 Å². The number of imidazole rings is 1. The molecule has 14 nitrogen and oxygen atoms in total. The molecule has 2 unspecified atom stereocenters. The van der Waals surface area contributed by atoms with Crippen molar-refractivity contribution < 1.29 is 37.4 Å². The number of esters is 1. The largest absolute Gasteiger partial charge is 0.462 e. The fraction of sp³-hybridized carbons (Fsp3) is 0.538. The van der Waals surface area contributed by atoms with Crippen LogP contribution in [0.5, 0.6) is 5.75 Å². The van der Waals surface area contributed by atoms with Gasteiger partial charge in [0.1, 0.15) is 35.5 Å². The quantitative estimate of drug-likeness (QED) is 0.121. The lowest BCUT2D eigenvalue weighted by Crippen LogP contribution is -2.44. The van der Waals surface area contributed by atoms with Crippen LogP contribution in [0.15, 0.2) is 36.7 Å². The van der Waals surface area contributed by atoms with E-state index in [-0.39, 0.29) is 23.4 Å². The maximum absolute atomic E-state index is 14.6. The summed E-state index contributed by atoms with van der Waals surface area (Å²) in [5, 5.41) is 16.9. The van der Waals surface area contributed by atoms with Crippen LogP contribution in [0.1, 0.15) is 39.8 Å². The number of carbonyl (C=O) groups is 1. The number of rotatable bonds is 13. The molecule has 2 aliphatic rings. The Hall–Kier alpha value is -3.07. The Labute approximate surface area is 252 Å². The number of para-hydroxylation sites is 1. The highest BCUT2D eigenvalue weighted by Crippen LogP contribution is 2.49. The van der Waals surface area contributed by atoms with Gasteiger partial charge < -0.3 is 30.2 Å². The number of aliphatic hydroxyl groups excluding tert-OH is 1. The monoisotopic (exact) mass is 641 g/mol. The highest BCUT2D eigenvalue weighted by molar-refractivity contribution is 7.52. The Balaban J connectivity index is 1.38. The first-order valence-electron chi connectivity index (χ1n) is 13.7. The first-order chi connectivity index (χ1) is 20.4. The van der Waals surface area contributed by atoms with Crippen molar-refractivity contribution in [3.63, 3.8) is 0 Å². The summed E-state index contributed by atoms with van der Waals surface area (Å²) >= 11 is 6.66. The number of aliphatic hydroxyl groups is 1. The molecule has 0 spiro atoms. The number of fused-ring (bicyclic) bond motifs is 1. The lowest BCUT2D eigenvalue weighted by atomic mass is 10.0. The van der Waals surface area contributed by atoms with Gasteiger partial charge in [-0.05, 0) is 45.7 Å². The van der Waals surface area contributed by atoms with Crippen molar-refractivity contribution in [2.45, 2.75) is 75.1 Å². The third kappa shape index (κ3) is 6.87. The molecule has 3 heterocycles. The number of nitrogens with two attached hydrogens (primary N) is 1. The van der Waals surface area contributed by atoms with Crippen LogP contribution in [-0.4, -0.2) is 79.1 Å². The Kier molecular flexibility index (Phi) is 9.12. The van der Waals surface area contributed by atoms with E-state index in [4.69, 9.17) is 35.9 Å². The number of hydrogen-bond acceptors (Lipinski definition) is 12. The number of halogens is 2. The zero-order chi connectivity index (χ0) is 30.9. The normalized spacial score (nSPS) is 25.9. The Morgan fingerprint density at radius 3 is 2.67 bits per heavy atom. The molecule has 5 rings (SSSR count). The SMILES string of the molecule is CC(C)OC(=O)C(C)NP(=O)(OC[C@H]1O[C@@H](n2cnc3c(NC4CC4)nc(N)nc32)[C@@](Cl)(CF)[C@@H]1O)Oc1ccccc1. The molecule has 0 radical (unpaired) electrons. The number of anilines is 2. The van der Waals surface area contributed by atoms with E-state index in [0.717, 1.165) is 12.8 Å². The van der Waals surface area contributed by atoms with Crippen LogP contribution in [0.4, 0.5) is 16.2 Å². The smallest absolute Gasteiger partial charge is 0.459 e. The molecule has 5 N–H and O–H groups in total. The molecule has 17 heteroatoms. The van der Waals surface area contributed by atoms with E-state index in [1.807, 2.05) is 0 Å². The van der Waals surface area contributed by atoms with Crippen LogP contribution in [0.25, 0.3) is 11.2 Å². The summed E-state index contributed by atoms with van der Waals surface area (Å²) in [5.41, 5.74) is 6.52. The fourth-order valence-corrected chi connectivity index (χ4v) is 6.31. The molecule has 6 atom stereocenters. The van der Waals surface area contributed by atoms with Crippen molar-refractivity contribution in [3.8, 4) is 5.75 Å². The molecule has 2 aromatic heterocycles. The van der Waals surface area contributed by atoms with E-state index in [1.165, 1.54) is 17.8 Å². The van der Waals surface area contributed by atoms with Crippen molar-refractivity contribution in [1.82, 2.24) is 24.6 Å². The molecule has 1 saturated heterocycles. The number of hydrogen-bond donors (Lipinski definition) is 4. The number of alkyl halides is 2. The van der Waals surface area contributed by atoms with E-state index in [1.54, 1.807) is 44.2 Å². The fourth-order valence-electron chi connectivity index (χ4n) is 4.51. The maximum atomic E-state index is 14.6. The van der Waals surface area contributed by atoms with Crippen LogP contribution < -0.4 is 20.7 Å². The molecular weight excluding hydrogens is 608 g/mol. The zero-order valence-electron chi connectivity index (χ0n) is 23.7. The van der Waals surface area contributed by atoms with Crippen LogP contribution in [0.2, 0.25) is 0 Å². The van der Waals surface area contributed by atoms with Crippen molar-refractivity contribution in [3.05, 3.63) is 36.7 Å². The molecular formula is C26H34ClFN7O7P. The van der Waals surface area contributed by atoms with Gasteiger partial charge in [0.25, 0.3) is 0 Å². The number of nitrogens with one attached hydrogen (secondary N) is 2. The van der Waals surface area contributed by atoms with Crippen molar-refractivity contribution >= 4 is 48.2 Å². The second kappa shape index (κ2) is 12.5. The van der Waals surface area contributed by atoms with Crippen LogP contribution >= 0.6 is 19.3 Å². The second-order valence-corrected chi connectivity index (χ2v) is 13.1. The number of carbonyl (C=O) groups excluding carboxylic acids is 1. The summed E-state index contributed by atoms with van der Waals surface area (Å²) in [6.07, 6.45) is -1.37. The van der Waals surface area contributed by atoms with E-state index in [2.05, 4.69) is 25.4 Å². The van der Waals surface area contributed by atoms with Gasteiger partial charge in [-0.25, -0.2) is 13.9 Å². The summed E-state index contributed by atoms with van der Waals surface area (Å²) in [5.74, 6) is -0.139. The van der Waals surface area contributed by atoms with Gasteiger partial charge in [-0.2, -0.15) is 15.1 Å². The number of benzene rings is 1. The average Bonchev–Trinajstić information content (AvgIpc) is 3.62. The molecule has 0 bridgehead atoms. The van der Waals surface area contributed by atoms with E-state index in [0.29, 0.717) is 11.3 Å². The summed E-state index contributed by atoms with van der Waals surface area (Å²) in [7, 11) is -4.31. The highest BCUT2D eigenvalue weighted by Gasteiger charge is 2.57. The van der Waals surface area contributed by atoms with Crippen molar-refractivity contribution in [2.24, 2.45) is 0 Å². The van der Waals surface area contributed by atoms with Gasteiger partial charge in [0.05, 0.1) is 19.0 Å². The third-order valence-electron chi connectivity index (χ3n) is 6.81. The van der Waals surface area contributed by atoms with Crippen molar-refractivity contribution in [1.29, 1.82) is 0 Å². The minimum absolute atomic E-state index is 0.0496. The maximum Gasteiger partial charge on any atom is 0.459 e. The summed E-state index contributed by atoms with van der Waals surface area (Å²) < 4.78 is 52.3. The van der Waals surface area contributed by atoms with Crippen LogP contribution in [0, 0.1) is 0 Å². The van der Waals surface area contributed by atoms with Crippen LogP contribution in [-0.2, 0) is 23.4 Å². The van der Waals surface area contributed by atoms with Gasteiger partial charge in [-0.1, -0.05) is 18.2 Å². The van der Waals surface area contributed by atoms with Gasteiger partial charge >= 0.3 is 13.7 Å². The standard InChI is InChI=1S/C26H34ClFN7O7P/c1-14(2)40-23(37)15(3)34-43(38,42-17-7-5-4-6-8-17)39-11-18-20(36)26(27,12-28)24(41-18)35-13-30-19-21(31-16-9-10-16)32-25(29)33-22(19)35/h4-8,13-16,18,20,24,36H,9-12H2,1-3H3,(H,34,38)(H3,29,31,32,33)/t15?,18-,20-,24-,26-,43?/m1/s1. The highest BCUT2D eigenvalue weighted by atomic mass is 35.5. The number of nitrogens with zero attached hydrogens (tertiary/aromatic N) is 4. The Morgan fingerprint density at radius 2 is 2.02 bits per heavy atom. The van der Waals surface area contributed by atoms with Gasteiger partial charge in [0.2, 0.25) is 5.95 Å². The average molecular weight is 642 g/mol. The molecule has 1 aliphatic heterocycles. The van der Waals surface area contributed by atoms with Gasteiger partial charge in [-0.15, -0.1) is 11.6 Å². The number of nitrogen functional groups attached to an aromatic ring is 1. The molecule has 234 valence electrons. The third-order valence-corrected chi connectivity index (χ3v) is 8.96. The van der Waals surface area contributed by atoms with E-state index in [9.17, 15) is 18.9 Å². The number of aromatic nitrogens is 4.